The van der Waals surface area contributed by atoms with Crippen LogP contribution < -0.4 is 5.32 Å². The maximum atomic E-state index is 13.4. The molecule has 3 aromatic rings. The van der Waals surface area contributed by atoms with Crippen LogP contribution in [0.5, 0.6) is 0 Å². The molecule has 32 heavy (non-hydrogen) atoms. The monoisotopic (exact) mass is 497 g/mol. The number of anilines is 1. The highest BCUT2D eigenvalue weighted by atomic mass is 79.9. The molecule has 1 aliphatic carbocycles. The summed E-state index contributed by atoms with van der Waals surface area (Å²) in [5.41, 5.74) is 2.09. The highest BCUT2D eigenvalue weighted by molar-refractivity contribution is 9.10. The normalized spacial score (nSPS) is 20.6. The second kappa shape index (κ2) is 8.39. The molecule has 1 aromatic carbocycles. The first-order valence-corrected chi connectivity index (χ1v) is 12.2. The maximum Gasteiger partial charge on any atom is 0.270 e. The Bertz CT molecular complexity index is 1160. The molecule has 2 amide bonds. The Balaban J connectivity index is 1.35. The van der Waals surface area contributed by atoms with E-state index >= 15 is 0 Å². The highest BCUT2D eigenvalue weighted by Gasteiger charge is 2.37. The Morgan fingerprint density at radius 3 is 2.78 bits per heavy atom. The Morgan fingerprint density at radius 1 is 1.16 bits per heavy atom. The zero-order valence-corrected chi connectivity index (χ0v) is 19.8. The first-order chi connectivity index (χ1) is 15.4. The van der Waals surface area contributed by atoms with E-state index in [1.54, 1.807) is 0 Å². The molecule has 3 heterocycles. The predicted octanol–water partition coefficient (Wildman–Crippen LogP) is 5.54. The Labute approximate surface area is 195 Å². The van der Waals surface area contributed by atoms with Gasteiger partial charge in [-0.3, -0.25) is 14.7 Å². The molecule has 1 saturated carbocycles. The number of carbonyl (C=O) groups excluding carboxylic acids is 2. The fourth-order valence-electron chi connectivity index (χ4n) is 5.09. The number of likely N-dealkylation sites (tertiary alicyclic amines) is 1. The number of aromatic nitrogens is 3. The minimum Gasteiger partial charge on any atom is -0.351 e. The van der Waals surface area contributed by atoms with Crippen molar-refractivity contribution in [2.75, 3.05) is 11.9 Å². The van der Waals surface area contributed by atoms with Crippen molar-refractivity contribution in [3.63, 3.8) is 0 Å². The van der Waals surface area contributed by atoms with Crippen LogP contribution in [0.15, 0.2) is 34.8 Å². The molecule has 1 unspecified atom stereocenters. The molecule has 2 aromatic heterocycles. The van der Waals surface area contributed by atoms with Crippen molar-refractivity contribution >= 4 is 44.5 Å². The summed E-state index contributed by atoms with van der Waals surface area (Å²) < 4.78 is 0.984. The zero-order chi connectivity index (χ0) is 22.3. The molecule has 1 atom stereocenters. The lowest BCUT2D eigenvalue weighted by molar-refractivity contribution is -0.124. The van der Waals surface area contributed by atoms with Gasteiger partial charge in [0.1, 0.15) is 5.69 Å². The lowest BCUT2D eigenvalue weighted by Gasteiger charge is -2.34. The van der Waals surface area contributed by atoms with E-state index in [1.807, 2.05) is 42.2 Å². The summed E-state index contributed by atoms with van der Waals surface area (Å²) in [6.45, 7) is 2.73. The molecule has 1 aliphatic heterocycles. The van der Waals surface area contributed by atoms with E-state index in [-0.39, 0.29) is 23.3 Å². The average molecular weight is 498 g/mol. The van der Waals surface area contributed by atoms with Crippen LogP contribution >= 0.6 is 15.9 Å². The van der Waals surface area contributed by atoms with Crippen molar-refractivity contribution in [1.29, 1.82) is 0 Å². The van der Waals surface area contributed by atoms with Gasteiger partial charge in [-0.25, -0.2) is 0 Å². The second-order valence-corrected chi connectivity index (χ2v) is 10.3. The van der Waals surface area contributed by atoms with Crippen molar-refractivity contribution in [1.82, 2.24) is 20.1 Å². The number of nitrogens with zero attached hydrogens (tertiary/aromatic N) is 2. The van der Waals surface area contributed by atoms with E-state index < -0.39 is 0 Å². The number of benzene rings is 1. The summed E-state index contributed by atoms with van der Waals surface area (Å²) in [6.07, 6.45) is 6.92. The van der Waals surface area contributed by atoms with Gasteiger partial charge in [-0.15, -0.1) is 0 Å². The number of amides is 2. The van der Waals surface area contributed by atoms with Gasteiger partial charge < -0.3 is 15.2 Å². The van der Waals surface area contributed by atoms with Gasteiger partial charge in [0.05, 0.1) is 11.7 Å². The summed E-state index contributed by atoms with van der Waals surface area (Å²) >= 11 is 3.49. The smallest absolute Gasteiger partial charge is 0.270 e. The Kier molecular flexibility index (Phi) is 5.57. The zero-order valence-electron chi connectivity index (χ0n) is 18.2. The van der Waals surface area contributed by atoms with Gasteiger partial charge in [0.25, 0.3) is 5.91 Å². The number of carbonyl (C=O) groups is 2. The minimum atomic E-state index is -0.309. The van der Waals surface area contributed by atoms with E-state index in [1.165, 1.54) is 0 Å². The van der Waals surface area contributed by atoms with Gasteiger partial charge in [0, 0.05) is 33.4 Å². The Morgan fingerprint density at radius 2 is 1.97 bits per heavy atom. The number of halogens is 1. The number of H-pyrrole nitrogens is 2. The van der Waals surface area contributed by atoms with Crippen molar-refractivity contribution in [2.45, 2.75) is 57.9 Å². The summed E-state index contributed by atoms with van der Waals surface area (Å²) in [5, 5.41) is 11.4. The topological polar surface area (TPSA) is 93.9 Å². The van der Waals surface area contributed by atoms with Crippen molar-refractivity contribution in [3.05, 3.63) is 46.2 Å². The first kappa shape index (κ1) is 21.2. The molecule has 5 rings (SSSR count). The fraction of sp³-hybridized carbons (Fsp3) is 0.458. The third-order valence-corrected chi connectivity index (χ3v) is 7.52. The number of aromatic amines is 2. The van der Waals surface area contributed by atoms with E-state index in [0.717, 1.165) is 66.0 Å². The summed E-state index contributed by atoms with van der Waals surface area (Å²) in [5.74, 6) is 0.557. The molecule has 7 nitrogen and oxygen atoms in total. The molecule has 0 radical (unpaired) electrons. The average Bonchev–Trinajstić information content (AvgIpc) is 3.53. The minimum absolute atomic E-state index is 0.0133. The first-order valence-electron chi connectivity index (χ1n) is 11.4. The van der Waals surface area contributed by atoms with E-state index in [4.69, 9.17) is 0 Å². The van der Waals surface area contributed by atoms with Gasteiger partial charge in [-0.2, -0.15) is 5.10 Å². The lowest BCUT2D eigenvalue weighted by Crippen LogP contribution is -2.38. The van der Waals surface area contributed by atoms with Crippen LogP contribution in [0, 0.1) is 5.41 Å². The molecule has 168 valence electrons. The molecular weight excluding hydrogens is 470 g/mol. The maximum absolute atomic E-state index is 13.4. The standard InChI is InChI=1S/C24H28BrN5O2/c1-24(9-3-4-10-24)23(32)27-21-14-18(28-29-21)20-6-2-5-11-30(20)22(31)19-13-15-12-16(25)7-8-17(15)26-19/h7-8,12-14,20,26H,2-6,9-11H2,1H3,(H2,27,28,29,32). The summed E-state index contributed by atoms with van der Waals surface area (Å²) in [4.78, 5) is 31.4. The second-order valence-electron chi connectivity index (χ2n) is 9.36. The van der Waals surface area contributed by atoms with Gasteiger partial charge in [0.15, 0.2) is 5.82 Å². The molecule has 3 N–H and O–H groups in total. The molecule has 0 bridgehead atoms. The van der Waals surface area contributed by atoms with Gasteiger partial charge in [0.2, 0.25) is 5.91 Å². The third kappa shape index (κ3) is 3.96. The largest absolute Gasteiger partial charge is 0.351 e. The predicted molar refractivity (Wildman–Crippen MR) is 127 cm³/mol. The SMILES string of the molecule is CC1(C(=O)Nc2cc(C3CCCCN3C(=O)c3cc4cc(Br)ccc4[nH]3)[nH]n2)CCCC1. The number of nitrogens with one attached hydrogen (secondary N) is 3. The van der Waals surface area contributed by atoms with Gasteiger partial charge >= 0.3 is 0 Å². The summed E-state index contributed by atoms with van der Waals surface area (Å²) in [7, 11) is 0. The molecule has 8 heteroatoms. The van der Waals surface area contributed by atoms with Crippen LogP contribution in [0.4, 0.5) is 5.82 Å². The third-order valence-electron chi connectivity index (χ3n) is 7.03. The van der Waals surface area contributed by atoms with E-state index in [0.29, 0.717) is 18.1 Å². The van der Waals surface area contributed by atoms with Crippen LogP contribution in [-0.2, 0) is 4.79 Å². The van der Waals surface area contributed by atoms with Crippen LogP contribution in [0.25, 0.3) is 10.9 Å². The van der Waals surface area contributed by atoms with Crippen molar-refractivity contribution in [2.24, 2.45) is 5.41 Å². The molecule has 1 saturated heterocycles. The fourth-order valence-corrected chi connectivity index (χ4v) is 5.47. The molecule has 2 aliphatic rings. The quantitative estimate of drug-likeness (QED) is 0.441. The highest BCUT2D eigenvalue weighted by Crippen LogP contribution is 2.39. The van der Waals surface area contributed by atoms with E-state index in [2.05, 4.69) is 36.4 Å². The molecule has 0 spiro atoms. The number of rotatable bonds is 4. The van der Waals surface area contributed by atoms with Crippen LogP contribution in [0.2, 0.25) is 0 Å². The van der Waals surface area contributed by atoms with Crippen molar-refractivity contribution < 1.29 is 9.59 Å². The van der Waals surface area contributed by atoms with Gasteiger partial charge in [-0.05, 0) is 56.4 Å². The Hall–Kier alpha value is -2.61. The number of hydrogen-bond acceptors (Lipinski definition) is 3. The number of fused-ring (bicyclic) bond motifs is 1. The van der Waals surface area contributed by atoms with Crippen LogP contribution in [0.1, 0.15) is 74.1 Å². The molecular formula is C24H28BrN5O2. The van der Waals surface area contributed by atoms with Gasteiger partial charge in [-0.1, -0.05) is 35.7 Å². The number of hydrogen-bond donors (Lipinski definition) is 3. The molecule has 2 fully saturated rings. The van der Waals surface area contributed by atoms with Crippen LogP contribution in [-0.4, -0.2) is 38.4 Å². The summed E-state index contributed by atoms with van der Waals surface area (Å²) in [6, 6.07) is 9.64. The van der Waals surface area contributed by atoms with Crippen LogP contribution in [0.3, 0.4) is 0 Å². The lowest BCUT2D eigenvalue weighted by atomic mass is 9.88. The van der Waals surface area contributed by atoms with E-state index in [9.17, 15) is 9.59 Å². The number of piperidine rings is 1. The van der Waals surface area contributed by atoms with Crippen molar-refractivity contribution in [3.8, 4) is 0 Å².